The van der Waals surface area contributed by atoms with Crippen LogP contribution < -0.4 is 0 Å². The van der Waals surface area contributed by atoms with Gasteiger partial charge in [0.15, 0.2) is 0 Å². The molecule has 0 aliphatic carbocycles. The van der Waals surface area contributed by atoms with Crippen LogP contribution in [0.4, 0.5) is 0 Å². The van der Waals surface area contributed by atoms with E-state index < -0.39 is 0 Å². The maximum absolute atomic E-state index is 10.5. The summed E-state index contributed by atoms with van der Waals surface area (Å²) in [6.45, 7) is 3.84. The minimum atomic E-state index is -0.0396. The molecule has 0 N–H and O–H groups in total. The van der Waals surface area contributed by atoms with Crippen molar-refractivity contribution in [2.24, 2.45) is 0 Å². The van der Waals surface area contributed by atoms with Crippen LogP contribution in [0.3, 0.4) is 0 Å². The van der Waals surface area contributed by atoms with Crippen LogP contribution in [0.5, 0.6) is 0 Å². The van der Waals surface area contributed by atoms with Gasteiger partial charge >= 0.3 is 0 Å². The van der Waals surface area contributed by atoms with E-state index in [0.29, 0.717) is 5.02 Å². The van der Waals surface area contributed by atoms with Crippen molar-refractivity contribution < 1.29 is 4.79 Å². The van der Waals surface area contributed by atoms with Crippen molar-refractivity contribution in [2.75, 3.05) is 0 Å². The van der Waals surface area contributed by atoms with Gasteiger partial charge in [-0.05, 0) is 30.2 Å². The average molecular weight is 183 g/mol. The van der Waals surface area contributed by atoms with E-state index in [2.05, 4.69) is 0 Å². The Morgan fingerprint density at radius 2 is 2.17 bits per heavy atom. The van der Waals surface area contributed by atoms with Gasteiger partial charge in [0.1, 0.15) is 6.29 Å². The summed E-state index contributed by atoms with van der Waals surface area (Å²) in [5.74, 6) is -0.0396. The molecule has 1 nitrogen and oxygen atoms in total. The van der Waals surface area contributed by atoms with E-state index in [0.717, 1.165) is 17.4 Å². The topological polar surface area (TPSA) is 17.1 Å². The minimum Gasteiger partial charge on any atom is -0.303 e. The number of rotatable bonds is 2. The summed E-state index contributed by atoms with van der Waals surface area (Å²) in [5, 5.41) is 0.717. The third kappa shape index (κ3) is 1.86. The second-order valence-electron chi connectivity index (χ2n) is 2.93. The Morgan fingerprint density at radius 1 is 1.50 bits per heavy atom. The number of hydrogen-bond donors (Lipinski definition) is 0. The number of aryl methyl sites for hydroxylation is 1. The molecule has 1 aromatic carbocycles. The first kappa shape index (κ1) is 9.27. The quantitative estimate of drug-likeness (QED) is 0.643. The maximum Gasteiger partial charge on any atom is 0.127 e. The lowest BCUT2D eigenvalue weighted by molar-refractivity contribution is -0.108. The van der Waals surface area contributed by atoms with Crippen LogP contribution >= 0.6 is 11.6 Å². The van der Waals surface area contributed by atoms with Crippen LogP contribution in [0.25, 0.3) is 0 Å². The Labute approximate surface area is 77.4 Å². The lowest BCUT2D eigenvalue weighted by Crippen LogP contribution is -1.96. The molecule has 0 radical (unpaired) electrons. The standard InChI is InChI=1S/C10H11ClO/c1-7-5-9(11)3-4-10(7)8(2)6-12/h3-6,8H,1-2H3. The maximum atomic E-state index is 10.5. The molecule has 1 unspecified atom stereocenters. The number of aldehydes is 1. The monoisotopic (exact) mass is 182 g/mol. The molecule has 1 rings (SSSR count). The fourth-order valence-corrected chi connectivity index (χ4v) is 1.45. The molecule has 64 valence electrons. The second-order valence-corrected chi connectivity index (χ2v) is 3.36. The smallest absolute Gasteiger partial charge is 0.127 e. The van der Waals surface area contributed by atoms with Crippen molar-refractivity contribution in [1.29, 1.82) is 0 Å². The fourth-order valence-electron chi connectivity index (χ4n) is 1.22. The molecule has 2 heteroatoms. The fraction of sp³-hybridized carbons (Fsp3) is 0.300. The molecular formula is C10H11ClO. The zero-order chi connectivity index (χ0) is 9.14. The van der Waals surface area contributed by atoms with Crippen molar-refractivity contribution in [3.05, 3.63) is 34.3 Å². The van der Waals surface area contributed by atoms with Gasteiger partial charge in [0.05, 0.1) is 0 Å². The molecule has 1 atom stereocenters. The number of benzene rings is 1. The summed E-state index contributed by atoms with van der Waals surface area (Å²) in [5.41, 5.74) is 2.12. The van der Waals surface area contributed by atoms with Gasteiger partial charge in [-0.1, -0.05) is 24.6 Å². The van der Waals surface area contributed by atoms with Crippen molar-refractivity contribution in [3.8, 4) is 0 Å². The van der Waals surface area contributed by atoms with Crippen molar-refractivity contribution in [3.63, 3.8) is 0 Å². The van der Waals surface area contributed by atoms with E-state index in [9.17, 15) is 4.79 Å². The summed E-state index contributed by atoms with van der Waals surface area (Å²) < 4.78 is 0. The lowest BCUT2D eigenvalue weighted by Gasteiger charge is -2.07. The first-order chi connectivity index (χ1) is 5.65. The van der Waals surface area contributed by atoms with E-state index in [1.54, 1.807) is 0 Å². The van der Waals surface area contributed by atoms with Crippen LogP contribution in [-0.2, 0) is 4.79 Å². The largest absolute Gasteiger partial charge is 0.303 e. The highest BCUT2D eigenvalue weighted by molar-refractivity contribution is 6.30. The minimum absolute atomic E-state index is 0.0396. The number of carbonyl (C=O) groups is 1. The van der Waals surface area contributed by atoms with E-state index >= 15 is 0 Å². The third-order valence-electron chi connectivity index (χ3n) is 1.93. The molecule has 0 bridgehead atoms. The highest BCUT2D eigenvalue weighted by Crippen LogP contribution is 2.21. The molecule has 0 aromatic heterocycles. The molecule has 0 fully saturated rings. The molecule has 1 aromatic rings. The molecule has 0 aliphatic heterocycles. The third-order valence-corrected chi connectivity index (χ3v) is 2.16. The highest BCUT2D eigenvalue weighted by Gasteiger charge is 2.06. The summed E-state index contributed by atoms with van der Waals surface area (Å²) in [4.78, 5) is 10.5. The van der Waals surface area contributed by atoms with Gasteiger partial charge in [0.25, 0.3) is 0 Å². The van der Waals surface area contributed by atoms with Crippen molar-refractivity contribution in [1.82, 2.24) is 0 Å². The Balaban J connectivity index is 3.09. The highest BCUT2D eigenvalue weighted by atomic mass is 35.5. The van der Waals surface area contributed by atoms with E-state index in [1.165, 1.54) is 0 Å². The summed E-state index contributed by atoms with van der Waals surface area (Å²) in [7, 11) is 0. The lowest BCUT2D eigenvalue weighted by atomic mass is 9.98. The van der Waals surface area contributed by atoms with E-state index in [-0.39, 0.29) is 5.92 Å². The SMILES string of the molecule is Cc1cc(Cl)ccc1C(C)C=O. The number of hydrogen-bond acceptors (Lipinski definition) is 1. The number of carbonyl (C=O) groups excluding carboxylic acids is 1. The van der Waals surface area contributed by atoms with E-state index in [4.69, 9.17) is 11.6 Å². The number of halogens is 1. The van der Waals surface area contributed by atoms with Gasteiger partial charge in [-0.3, -0.25) is 0 Å². The Kier molecular flexibility index (Phi) is 2.88. The zero-order valence-corrected chi connectivity index (χ0v) is 7.93. The van der Waals surface area contributed by atoms with Gasteiger partial charge in [0.2, 0.25) is 0 Å². The van der Waals surface area contributed by atoms with Crippen LogP contribution in [-0.4, -0.2) is 6.29 Å². The summed E-state index contributed by atoms with van der Waals surface area (Å²) in [6.07, 6.45) is 0.941. The first-order valence-corrected chi connectivity index (χ1v) is 4.24. The van der Waals surface area contributed by atoms with Gasteiger partial charge < -0.3 is 4.79 Å². The van der Waals surface area contributed by atoms with Crippen LogP contribution in [0.15, 0.2) is 18.2 Å². The van der Waals surface area contributed by atoms with Crippen LogP contribution in [0, 0.1) is 6.92 Å². The van der Waals surface area contributed by atoms with E-state index in [1.807, 2.05) is 32.0 Å². The Bertz CT molecular complexity index is 294. The molecular weight excluding hydrogens is 172 g/mol. The van der Waals surface area contributed by atoms with Gasteiger partial charge in [-0.2, -0.15) is 0 Å². The van der Waals surface area contributed by atoms with Crippen molar-refractivity contribution >= 4 is 17.9 Å². The molecule has 0 amide bonds. The predicted molar refractivity (Wildman–Crippen MR) is 50.7 cm³/mol. The predicted octanol–water partition coefficient (Wildman–Crippen LogP) is 2.95. The Hall–Kier alpha value is -0.820. The summed E-state index contributed by atoms with van der Waals surface area (Å²) in [6, 6.07) is 5.58. The summed E-state index contributed by atoms with van der Waals surface area (Å²) >= 11 is 5.78. The van der Waals surface area contributed by atoms with Gasteiger partial charge in [0, 0.05) is 10.9 Å². The molecule has 12 heavy (non-hydrogen) atoms. The zero-order valence-electron chi connectivity index (χ0n) is 7.17. The molecule has 0 saturated carbocycles. The second kappa shape index (κ2) is 3.72. The van der Waals surface area contributed by atoms with Gasteiger partial charge in [-0.25, -0.2) is 0 Å². The Morgan fingerprint density at radius 3 is 2.67 bits per heavy atom. The average Bonchev–Trinajstić information content (AvgIpc) is 2.03. The molecule has 0 spiro atoms. The first-order valence-electron chi connectivity index (χ1n) is 3.86. The molecule has 0 heterocycles. The van der Waals surface area contributed by atoms with Crippen molar-refractivity contribution in [2.45, 2.75) is 19.8 Å². The molecule has 0 saturated heterocycles. The van der Waals surface area contributed by atoms with Gasteiger partial charge in [-0.15, -0.1) is 0 Å². The molecule has 0 aliphatic rings. The van der Waals surface area contributed by atoms with Crippen LogP contribution in [0.1, 0.15) is 24.0 Å². The van der Waals surface area contributed by atoms with Crippen LogP contribution in [0.2, 0.25) is 5.02 Å². The normalized spacial score (nSPS) is 12.6.